The maximum absolute atomic E-state index is 13.6. The van der Waals surface area contributed by atoms with Crippen LogP contribution in [0.25, 0.3) is 11.0 Å². The minimum atomic E-state index is -3.91. The van der Waals surface area contributed by atoms with Gasteiger partial charge in [0.2, 0.25) is 0 Å². The summed E-state index contributed by atoms with van der Waals surface area (Å²) in [7, 11) is -3.91. The SMILES string of the molecule is Cc1c(C(NC(=O)Nc2ccc(S(N)(=O)=O)nc2)C2CC2)oc2ccc(F)cc12. The van der Waals surface area contributed by atoms with Crippen molar-refractivity contribution in [1.82, 2.24) is 10.3 Å². The summed E-state index contributed by atoms with van der Waals surface area (Å²) in [6.07, 6.45) is 3.10. The van der Waals surface area contributed by atoms with E-state index in [9.17, 15) is 17.6 Å². The van der Waals surface area contributed by atoms with E-state index in [0.29, 0.717) is 22.4 Å². The molecule has 29 heavy (non-hydrogen) atoms. The molecule has 8 nitrogen and oxygen atoms in total. The molecule has 0 radical (unpaired) electrons. The number of furan rings is 1. The van der Waals surface area contributed by atoms with Gasteiger partial charge in [0.1, 0.15) is 17.2 Å². The van der Waals surface area contributed by atoms with Gasteiger partial charge >= 0.3 is 6.03 Å². The molecule has 1 aliphatic carbocycles. The predicted octanol–water partition coefficient (Wildman–Crippen LogP) is 3.20. The number of nitrogens with one attached hydrogen (secondary N) is 2. The van der Waals surface area contributed by atoms with Crippen molar-refractivity contribution in [2.45, 2.75) is 30.8 Å². The van der Waals surface area contributed by atoms with Crippen LogP contribution < -0.4 is 15.8 Å². The molecule has 3 aromatic rings. The van der Waals surface area contributed by atoms with E-state index >= 15 is 0 Å². The maximum atomic E-state index is 13.6. The highest BCUT2D eigenvalue weighted by Gasteiger charge is 2.37. The summed E-state index contributed by atoms with van der Waals surface area (Å²) in [4.78, 5) is 16.2. The van der Waals surface area contributed by atoms with Crippen molar-refractivity contribution in [1.29, 1.82) is 0 Å². The Bertz CT molecular complexity index is 1190. The molecule has 1 fully saturated rings. The minimum Gasteiger partial charge on any atom is -0.459 e. The van der Waals surface area contributed by atoms with E-state index in [1.807, 2.05) is 6.92 Å². The number of carbonyl (C=O) groups excluding carboxylic acids is 1. The van der Waals surface area contributed by atoms with Crippen LogP contribution in [-0.2, 0) is 10.0 Å². The molecular weight excluding hydrogens is 399 g/mol. The standard InChI is InChI=1S/C19H19FN4O4S/c1-10-14-8-12(20)4-6-15(14)28-18(10)17(11-2-3-11)24-19(25)23-13-5-7-16(22-9-13)29(21,26)27/h4-9,11,17H,2-3H2,1H3,(H2,21,26,27)(H2,23,24,25). The number of rotatable bonds is 5. The number of fused-ring (bicyclic) bond motifs is 1. The van der Waals surface area contributed by atoms with Gasteiger partial charge in [0.05, 0.1) is 17.9 Å². The van der Waals surface area contributed by atoms with Gasteiger partial charge in [-0.15, -0.1) is 0 Å². The molecule has 4 N–H and O–H groups in total. The zero-order valence-corrected chi connectivity index (χ0v) is 16.3. The van der Waals surface area contributed by atoms with E-state index in [1.54, 1.807) is 6.07 Å². The minimum absolute atomic E-state index is 0.229. The van der Waals surface area contributed by atoms with Crippen LogP contribution in [0.4, 0.5) is 14.9 Å². The van der Waals surface area contributed by atoms with Crippen LogP contribution in [0.1, 0.15) is 30.2 Å². The topological polar surface area (TPSA) is 127 Å². The smallest absolute Gasteiger partial charge is 0.319 e. The molecule has 1 saturated carbocycles. The van der Waals surface area contributed by atoms with E-state index in [4.69, 9.17) is 9.56 Å². The van der Waals surface area contributed by atoms with Crippen molar-refractivity contribution in [3.63, 3.8) is 0 Å². The molecule has 2 amide bonds. The molecule has 1 aromatic carbocycles. The Morgan fingerprint density at radius 2 is 2.07 bits per heavy atom. The van der Waals surface area contributed by atoms with Gasteiger partial charge in [-0.2, -0.15) is 0 Å². The Hall–Kier alpha value is -2.98. The first-order chi connectivity index (χ1) is 13.7. The summed E-state index contributed by atoms with van der Waals surface area (Å²) in [6.45, 7) is 1.84. The van der Waals surface area contributed by atoms with Crippen LogP contribution in [0.3, 0.4) is 0 Å². The van der Waals surface area contributed by atoms with Gasteiger partial charge in [0.25, 0.3) is 10.0 Å². The Balaban J connectivity index is 1.53. The monoisotopic (exact) mass is 418 g/mol. The van der Waals surface area contributed by atoms with Crippen molar-refractivity contribution in [3.8, 4) is 0 Å². The third kappa shape index (κ3) is 4.08. The zero-order chi connectivity index (χ0) is 20.8. The molecular formula is C19H19FN4O4S. The van der Waals surface area contributed by atoms with Crippen LogP contribution in [0.2, 0.25) is 0 Å². The lowest BCUT2D eigenvalue weighted by Crippen LogP contribution is -2.33. The van der Waals surface area contributed by atoms with Gasteiger partial charge in [-0.1, -0.05) is 0 Å². The van der Waals surface area contributed by atoms with Gasteiger partial charge in [-0.05, 0) is 56.0 Å². The number of halogens is 1. The molecule has 1 aliphatic rings. The average Bonchev–Trinajstić information content (AvgIpc) is 3.45. The molecule has 0 bridgehead atoms. The molecule has 10 heteroatoms. The number of nitrogens with two attached hydrogens (primary N) is 1. The number of hydrogen-bond donors (Lipinski definition) is 3. The van der Waals surface area contributed by atoms with Gasteiger partial charge < -0.3 is 15.1 Å². The number of sulfonamides is 1. The molecule has 0 aliphatic heterocycles. The second kappa shape index (κ2) is 7.12. The van der Waals surface area contributed by atoms with Crippen molar-refractivity contribution in [2.24, 2.45) is 11.1 Å². The first-order valence-corrected chi connectivity index (χ1v) is 10.5. The Kier molecular flexibility index (Phi) is 4.75. The Morgan fingerprint density at radius 1 is 1.31 bits per heavy atom. The number of primary sulfonamides is 1. The summed E-state index contributed by atoms with van der Waals surface area (Å²) in [6, 6.07) is 6.08. The summed E-state index contributed by atoms with van der Waals surface area (Å²) in [5.41, 5.74) is 1.67. The Labute approximate surface area is 166 Å². The van der Waals surface area contributed by atoms with E-state index in [0.717, 1.165) is 18.4 Å². The van der Waals surface area contributed by atoms with E-state index in [2.05, 4.69) is 15.6 Å². The summed E-state index contributed by atoms with van der Waals surface area (Å²) >= 11 is 0. The lowest BCUT2D eigenvalue weighted by Gasteiger charge is -2.17. The largest absolute Gasteiger partial charge is 0.459 e. The number of urea groups is 1. The third-order valence-corrected chi connectivity index (χ3v) is 5.71. The summed E-state index contributed by atoms with van der Waals surface area (Å²) in [5.74, 6) is 0.482. The van der Waals surface area contributed by atoms with E-state index < -0.39 is 16.1 Å². The quantitative estimate of drug-likeness (QED) is 0.586. The third-order valence-electron chi connectivity index (χ3n) is 4.88. The fourth-order valence-corrected chi connectivity index (χ4v) is 3.72. The number of aryl methyl sites for hydroxylation is 1. The van der Waals surface area contributed by atoms with Crippen molar-refractivity contribution in [3.05, 3.63) is 53.7 Å². The van der Waals surface area contributed by atoms with E-state index in [1.165, 1.54) is 30.5 Å². The van der Waals surface area contributed by atoms with E-state index in [-0.39, 0.29) is 22.8 Å². The second-order valence-electron chi connectivity index (χ2n) is 7.08. The number of benzene rings is 1. The molecule has 1 atom stereocenters. The van der Waals surface area contributed by atoms with Crippen LogP contribution >= 0.6 is 0 Å². The molecule has 4 rings (SSSR count). The number of carbonyl (C=O) groups is 1. The van der Waals surface area contributed by atoms with Crippen molar-refractivity contribution in [2.75, 3.05) is 5.32 Å². The van der Waals surface area contributed by atoms with Crippen LogP contribution in [0.5, 0.6) is 0 Å². The van der Waals surface area contributed by atoms with Crippen LogP contribution in [0.15, 0.2) is 46.0 Å². The lowest BCUT2D eigenvalue weighted by molar-refractivity contribution is 0.244. The van der Waals surface area contributed by atoms with Crippen LogP contribution in [-0.4, -0.2) is 19.4 Å². The highest BCUT2D eigenvalue weighted by molar-refractivity contribution is 7.89. The predicted molar refractivity (Wildman–Crippen MR) is 104 cm³/mol. The molecule has 2 heterocycles. The molecule has 0 spiro atoms. The van der Waals surface area contributed by atoms with Gasteiger partial charge in [0, 0.05) is 10.9 Å². The number of amides is 2. The number of anilines is 1. The fourth-order valence-electron chi connectivity index (χ4n) is 3.27. The van der Waals surface area contributed by atoms with Crippen molar-refractivity contribution < 1.29 is 22.0 Å². The molecule has 152 valence electrons. The zero-order valence-electron chi connectivity index (χ0n) is 15.5. The van der Waals surface area contributed by atoms with Gasteiger partial charge in [-0.3, -0.25) is 0 Å². The molecule has 2 aromatic heterocycles. The van der Waals surface area contributed by atoms with Crippen LogP contribution in [0, 0.1) is 18.7 Å². The maximum Gasteiger partial charge on any atom is 0.319 e. The molecule has 0 saturated heterocycles. The Morgan fingerprint density at radius 3 is 2.69 bits per heavy atom. The number of pyridine rings is 1. The highest BCUT2D eigenvalue weighted by atomic mass is 32.2. The average molecular weight is 418 g/mol. The second-order valence-corrected chi connectivity index (χ2v) is 8.58. The van der Waals surface area contributed by atoms with Gasteiger partial charge in [0.15, 0.2) is 5.03 Å². The first-order valence-electron chi connectivity index (χ1n) is 8.97. The number of aromatic nitrogens is 1. The summed E-state index contributed by atoms with van der Waals surface area (Å²) < 4.78 is 42.0. The number of nitrogens with zero attached hydrogens (tertiary/aromatic N) is 1. The van der Waals surface area contributed by atoms with Gasteiger partial charge in [-0.25, -0.2) is 27.7 Å². The first kappa shape index (κ1) is 19.3. The highest BCUT2D eigenvalue weighted by Crippen LogP contribution is 2.44. The number of hydrogen-bond acceptors (Lipinski definition) is 5. The lowest BCUT2D eigenvalue weighted by atomic mass is 10.0. The summed E-state index contributed by atoms with van der Waals surface area (Å²) in [5, 5.41) is 10.9. The molecule has 1 unspecified atom stereocenters. The normalized spacial score (nSPS) is 15.3. The van der Waals surface area contributed by atoms with Crippen molar-refractivity contribution >= 4 is 32.7 Å². The fraction of sp³-hybridized carbons (Fsp3) is 0.263.